The highest BCUT2D eigenvalue weighted by Gasteiger charge is 2.16. The van der Waals surface area contributed by atoms with Gasteiger partial charge in [-0.2, -0.15) is 5.10 Å². The molecule has 0 fully saturated rings. The first-order valence-electron chi connectivity index (χ1n) is 5.06. The Morgan fingerprint density at radius 3 is 2.67 bits per heavy atom. The van der Waals surface area contributed by atoms with E-state index < -0.39 is 0 Å². The Labute approximate surface area is 89.1 Å². The second-order valence-electron chi connectivity index (χ2n) is 4.71. The van der Waals surface area contributed by atoms with Crippen molar-refractivity contribution in [2.45, 2.75) is 32.7 Å². The highest BCUT2D eigenvalue weighted by molar-refractivity contribution is 5.39. The maximum atomic E-state index is 5.53. The van der Waals surface area contributed by atoms with Crippen LogP contribution >= 0.6 is 0 Å². The van der Waals surface area contributed by atoms with Crippen molar-refractivity contribution in [1.29, 1.82) is 0 Å². The lowest BCUT2D eigenvalue weighted by Crippen LogP contribution is -2.15. The molecule has 0 radical (unpaired) electrons. The number of rotatable bonds is 1. The minimum Gasteiger partial charge on any atom is -0.325 e. The quantitative estimate of drug-likeness (QED) is 0.765. The molecule has 4 nitrogen and oxygen atoms in total. The summed E-state index contributed by atoms with van der Waals surface area (Å²) in [6, 6.07) is 4.00. The van der Waals surface area contributed by atoms with Gasteiger partial charge in [0.05, 0.1) is 17.6 Å². The number of imidazole rings is 1. The van der Waals surface area contributed by atoms with Crippen molar-refractivity contribution in [3.05, 3.63) is 29.7 Å². The van der Waals surface area contributed by atoms with E-state index in [1.807, 2.05) is 18.3 Å². The van der Waals surface area contributed by atoms with Crippen LogP contribution in [0.1, 0.15) is 32.2 Å². The van der Waals surface area contributed by atoms with Gasteiger partial charge >= 0.3 is 0 Å². The molecule has 0 saturated carbocycles. The second-order valence-corrected chi connectivity index (χ2v) is 4.71. The first-order chi connectivity index (χ1) is 7.00. The van der Waals surface area contributed by atoms with Gasteiger partial charge in [-0.25, -0.2) is 9.50 Å². The number of hydrogen-bond donors (Lipinski definition) is 1. The lowest BCUT2D eigenvalue weighted by Gasteiger charge is -2.16. The van der Waals surface area contributed by atoms with E-state index in [-0.39, 0.29) is 5.41 Å². The van der Waals surface area contributed by atoms with E-state index >= 15 is 0 Å². The molecule has 0 atom stereocenters. The van der Waals surface area contributed by atoms with Gasteiger partial charge in [-0.15, -0.1) is 0 Å². The second kappa shape index (κ2) is 3.31. The third kappa shape index (κ3) is 1.85. The maximum absolute atomic E-state index is 5.53. The Kier molecular flexibility index (Phi) is 2.23. The third-order valence-electron chi connectivity index (χ3n) is 2.35. The molecule has 0 saturated heterocycles. The summed E-state index contributed by atoms with van der Waals surface area (Å²) in [7, 11) is 0. The Bertz CT molecular complexity index is 479. The molecule has 0 aliphatic carbocycles. The first kappa shape index (κ1) is 10.1. The summed E-state index contributed by atoms with van der Waals surface area (Å²) in [4.78, 5) is 4.33. The van der Waals surface area contributed by atoms with E-state index in [0.29, 0.717) is 6.54 Å². The molecule has 2 aromatic rings. The third-order valence-corrected chi connectivity index (χ3v) is 2.35. The summed E-state index contributed by atoms with van der Waals surface area (Å²) in [5.41, 5.74) is 8.36. The average molecular weight is 204 g/mol. The molecular formula is C11H16N4. The van der Waals surface area contributed by atoms with Gasteiger partial charge in [0.1, 0.15) is 0 Å². The molecule has 0 spiro atoms. The van der Waals surface area contributed by atoms with Crippen molar-refractivity contribution in [3.8, 4) is 0 Å². The Morgan fingerprint density at radius 1 is 1.33 bits per heavy atom. The molecule has 80 valence electrons. The molecule has 15 heavy (non-hydrogen) atoms. The van der Waals surface area contributed by atoms with Gasteiger partial charge in [0.25, 0.3) is 0 Å². The summed E-state index contributed by atoms with van der Waals surface area (Å²) in [5.74, 6) is 0. The Morgan fingerprint density at radius 2 is 2.07 bits per heavy atom. The normalized spacial score (nSPS) is 12.3. The van der Waals surface area contributed by atoms with Crippen molar-refractivity contribution in [2.75, 3.05) is 0 Å². The highest BCUT2D eigenvalue weighted by Crippen LogP contribution is 2.19. The number of nitrogens with zero attached hydrogens (tertiary/aromatic N) is 3. The largest absolute Gasteiger partial charge is 0.325 e. The molecular weight excluding hydrogens is 188 g/mol. The van der Waals surface area contributed by atoms with Crippen LogP contribution in [-0.2, 0) is 12.0 Å². The lowest BCUT2D eigenvalue weighted by molar-refractivity contribution is 0.554. The molecule has 0 aromatic carbocycles. The van der Waals surface area contributed by atoms with Gasteiger partial charge in [-0.05, 0) is 12.1 Å². The van der Waals surface area contributed by atoms with Crippen molar-refractivity contribution in [3.63, 3.8) is 0 Å². The Hall–Kier alpha value is -1.42. The van der Waals surface area contributed by atoms with Crippen LogP contribution in [0.15, 0.2) is 18.3 Å². The predicted molar refractivity (Wildman–Crippen MR) is 59.6 cm³/mol. The molecule has 0 bridgehead atoms. The molecule has 2 N–H and O–H groups in total. The highest BCUT2D eigenvalue weighted by atomic mass is 15.3. The fourth-order valence-electron chi connectivity index (χ4n) is 1.43. The van der Waals surface area contributed by atoms with E-state index in [2.05, 4.69) is 30.9 Å². The van der Waals surface area contributed by atoms with E-state index in [1.54, 1.807) is 4.52 Å². The number of aromatic nitrogens is 3. The fraction of sp³-hybridized carbons (Fsp3) is 0.455. The smallest absolute Gasteiger partial charge is 0.153 e. The van der Waals surface area contributed by atoms with Crippen LogP contribution < -0.4 is 5.73 Å². The number of fused-ring (bicyclic) bond motifs is 1. The number of hydrogen-bond acceptors (Lipinski definition) is 3. The summed E-state index contributed by atoms with van der Waals surface area (Å²) in [6.07, 6.45) is 1.88. The average Bonchev–Trinajstić information content (AvgIpc) is 2.57. The van der Waals surface area contributed by atoms with Gasteiger partial charge < -0.3 is 5.73 Å². The van der Waals surface area contributed by atoms with E-state index in [1.165, 1.54) is 0 Å². The molecule has 2 aromatic heterocycles. The lowest BCUT2D eigenvalue weighted by atomic mass is 9.92. The summed E-state index contributed by atoms with van der Waals surface area (Å²) in [5, 5.41) is 4.51. The zero-order valence-corrected chi connectivity index (χ0v) is 9.36. The molecule has 0 amide bonds. The monoisotopic (exact) mass is 204 g/mol. The fourth-order valence-corrected chi connectivity index (χ4v) is 1.43. The van der Waals surface area contributed by atoms with Gasteiger partial charge in [-0.3, -0.25) is 0 Å². The van der Waals surface area contributed by atoms with Crippen LogP contribution in [0.2, 0.25) is 0 Å². The summed E-state index contributed by atoms with van der Waals surface area (Å²) in [6.45, 7) is 6.88. The molecule has 2 rings (SSSR count). The SMILES string of the molecule is CC(C)(C)c1ccc2nc(CN)cn2n1. The van der Waals surface area contributed by atoms with Crippen LogP contribution in [0.5, 0.6) is 0 Å². The topological polar surface area (TPSA) is 56.2 Å². The van der Waals surface area contributed by atoms with Gasteiger partial charge in [0, 0.05) is 12.0 Å². The van der Waals surface area contributed by atoms with Gasteiger partial charge in [0.2, 0.25) is 0 Å². The van der Waals surface area contributed by atoms with E-state index in [9.17, 15) is 0 Å². The van der Waals surface area contributed by atoms with Crippen LogP contribution in [0.4, 0.5) is 0 Å². The van der Waals surface area contributed by atoms with Crippen molar-refractivity contribution in [2.24, 2.45) is 5.73 Å². The minimum atomic E-state index is 0.0569. The number of nitrogens with two attached hydrogens (primary N) is 1. The molecule has 0 aliphatic heterocycles. The summed E-state index contributed by atoms with van der Waals surface area (Å²) < 4.78 is 1.79. The minimum absolute atomic E-state index is 0.0569. The van der Waals surface area contributed by atoms with Crippen molar-refractivity contribution in [1.82, 2.24) is 14.6 Å². The van der Waals surface area contributed by atoms with Gasteiger partial charge in [-0.1, -0.05) is 20.8 Å². The molecule has 4 heteroatoms. The van der Waals surface area contributed by atoms with Crippen molar-refractivity contribution >= 4 is 5.65 Å². The maximum Gasteiger partial charge on any atom is 0.153 e. The van der Waals surface area contributed by atoms with Gasteiger partial charge in [0.15, 0.2) is 5.65 Å². The van der Waals surface area contributed by atoms with Crippen LogP contribution in [0.25, 0.3) is 5.65 Å². The zero-order chi connectivity index (χ0) is 11.1. The molecule has 0 aliphatic rings. The van der Waals surface area contributed by atoms with Crippen LogP contribution in [0.3, 0.4) is 0 Å². The van der Waals surface area contributed by atoms with Crippen LogP contribution in [0, 0.1) is 0 Å². The van der Waals surface area contributed by atoms with E-state index in [4.69, 9.17) is 5.73 Å². The van der Waals surface area contributed by atoms with E-state index in [0.717, 1.165) is 17.0 Å². The molecule has 2 heterocycles. The predicted octanol–water partition coefficient (Wildman–Crippen LogP) is 1.49. The Balaban J connectivity index is 2.55. The summed E-state index contributed by atoms with van der Waals surface area (Å²) >= 11 is 0. The first-order valence-corrected chi connectivity index (χ1v) is 5.06. The van der Waals surface area contributed by atoms with Crippen LogP contribution in [-0.4, -0.2) is 14.6 Å². The standard InChI is InChI=1S/C11H16N4/c1-11(2,3)9-4-5-10-13-8(6-12)7-15(10)14-9/h4-5,7H,6,12H2,1-3H3. The van der Waals surface area contributed by atoms with Crippen molar-refractivity contribution < 1.29 is 0 Å². The molecule has 0 unspecified atom stereocenters. The zero-order valence-electron chi connectivity index (χ0n) is 9.36.